The molecule has 2 aromatic rings. The van der Waals surface area contributed by atoms with Crippen LogP contribution in [0.1, 0.15) is 26.7 Å². The van der Waals surface area contributed by atoms with Crippen molar-refractivity contribution in [2.24, 2.45) is 5.41 Å². The predicted molar refractivity (Wildman–Crippen MR) is 77.8 cm³/mol. The number of piperidine rings is 1. The highest BCUT2D eigenvalue weighted by Crippen LogP contribution is 2.32. The molecule has 19 heavy (non-hydrogen) atoms. The van der Waals surface area contributed by atoms with Crippen molar-refractivity contribution in [2.75, 3.05) is 30.4 Å². The highest BCUT2D eigenvalue weighted by atomic mass is 15.2. The molecule has 0 aliphatic carbocycles. The van der Waals surface area contributed by atoms with Gasteiger partial charge in [-0.05, 0) is 18.3 Å². The van der Waals surface area contributed by atoms with Gasteiger partial charge in [-0.1, -0.05) is 13.8 Å². The number of hydrogen-bond acceptors (Lipinski definition) is 4. The fraction of sp³-hybridized carbons (Fsp3) is 0.571. The van der Waals surface area contributed by atoms with E-state index in [9.17, 15) is 0 Å². The summed E-state index contributed by atoms with van der Waals surface area (Å²) in [7, 11) is 1.90. The van der Waals surface area contributed by atoms with Gasteiger partial charge in [0, 0.05) is 32.5 Å². The van der Waals surface area contributed by atoms with Crippen LogP contribution < -0.4 is 10.2 Å². The van der Waals surface area contributed by atoms with Crippen LogP contribution >= 0.6 is 0 Å². The number of rotatable bonds is 2. The zero-order valence-corrected chi connectivity index (χ0v) is 11.8. The zero-order chi connectivity index (χ0) is 13.5. The first-order valence-corrected chi connectivity index (χ1v) is 6.85. The largest absolute Gasteiger partial charge is 0.372 e. The topological polar surface area (TPSA) is 45.5 Å². The Morgan fingerprint density at radius 2 is 2.00 bits per heavy atom. The first kappa shape index (κ1) is 12.3. The van der Waals surface area contributed by atoms with Crippen LogP contribution in [0.5, 0.6) is 0 Å². The molecule has 5 nitrogen and oxygen atoms in total. The van der Waals surface area contributed by atoms with Crippen molar-refractivity contribution >= 4 is 17.3 Å². The molecule has 2 aromatic heterocycles. The third kappa shape index (κ3) is 2.25. The molecule has 3 heterocycles. The molecular formula is C14H21N5. The first-order chi connectivity index (χ1) is 9.09. The Morgan fingerprint density at radius 3 is 2.68 bits per heavy atom. The molecular weight excluding hydrogens is 238 g/mol. The lowest BCUT2D eigenvalue weighted by Crippen LogP contribution is -2.38. The van der Waals surface area contributed by atoms with E-state index in [2.05, 4.69) is 29.0 Å². The minimum atomic E-state index is 0.447. The molecule has 1 fully saturated rings. The van der Waals surface area contributed by atoms with Gasteiger partial charge < -0.3 is 14.6 Å². The maximum Gasteiger partial charge on any atom is 0.180 e. The zero-order valence-electron chi connectivity index (χ0n) is 11.8. The summed E-state index contributed by atoms with van der Waals surface area (Å²) < 4.78 is 2.04. The quantitative estimate of drug-likeness (QED) is 0.899. The van der Waals surface area contributed by atoms with Gasteiger partial charge in [-0.3, -0.25) is 0 Å². The average molecular weight is 259 g/mol. The number of anilines is 2. The fourth-order valence-corrected chi connectivity index (χ4v) is 2.57. The second-order valence-corrected chi connectivity index (χ2v) is 6.01. The molecule has 5 heteroatoms. The summed E-state index contributed by atoms with van der Waals surface area (Å²) in [6, 6.07) is 0. The van der Waals surface area contributed by atoms with Crippen molar-refractivity contribution in [3.05, 3.63) is 18.6 Å². The lowest BCUT2D eigenvalue weighted by molar-refractivity contribution is 0.279. The van der Waals surface area contributed by atoms with Gasteiger partial charge in [-0.15, -0.1) is 0 Å². The third-order valence-electron chi connectivity index (χ3n) is 4.03. The van der Waals surface area contributed by atoms with Gasteiger partial charge in [0.1, 0.15) is 5.82 Å². The number of nitrogens with one attached hydrogen (secondary N) is 1. The van der Waals surface area contributed by atoms with Crippen molar-refractivity contribution < 1.29 is 0 Å². The van der Waals surface area contributed by atoms with Crippen LogP contribution in [0.2, 0.25) is 0 Å². The smallest absolute Gasteiger partial charge is 0.180 e. The van der Waals surface area contributed by atoms with E-state index in [0.29, 0.717) is 5.41 Å². The molecule has 0 spiro atoms. The van der Waals surface area contributed by atoms with Gasteiger partial charge in [0.25, 0.3) is 0 Å². The Kier molecular flexibility index (Phi) is 2.84. The van der Waals surface area contributed by atoms with E-state index < -0.39 is 0 Å². The summed E-state index contributed by atoms with van der Waals surface area (Å²) >= 11 is 0. The molecule has 0 atom stereocenters. The number of nitrogens with zero attached hydrogens (tertiary/aromatic N) is 4. The minimum Gasteiger partial charge on any atom is -0.372 e. The molecule has 102 valence electrons. The summed E-state index contributed by atoms with van der Waals surface area (Å²) in [5, 5.41) is 3.12. The summed E-state index contributed by atoms with van der Waals surface area (Å²) in [5.41, 5.74) is 1.39. The first-order valence-electron chi connectivity index (χ1n) is 6.85. The SMILES string of the molecule is CNc1cn2ccnc2c(N2CCC(C)(C)CC2)n1. The Bertz CT molecular complexity index is 577. The molecule has 1 aliphatic heterocycles. The summed E-state index contributed by atoms with van der Waals surface area (Å²) in [6.07, 6.45) is 8.17. The Hall–Kier alpha value is -1.78. The fourth-order valence-electron chi connectivity index (χ4n) is 2.57. The standard InChI is InChI=1S/C14H21N5/c1-14(2)4-7-18(8-5-14)13-12-16-6-9-19(12)10-11(15-3)17-13/h6,9-10,15H,4-5,7-8H2,1-3H3. The number of aromatic nitrogens is 3. The summed E-state index contributed by atoms with van der Waals surface area (Å²) in [4.78, 5) is 11.5. The van der Waals surface area contributed by atoms with Crippen LogP contribution in [0.15, 0.2) is 18.6 Å². The van der Waals surface area contributed by atoms with Crippen LogP contribution in [0.25, 0.3) is 5.65 Å². The highest BCUT2D eigenvalue weighted by Gasteiger charge is 2.27. The lowest BCUT2D eigenvalue weighted by atomic mass is 9.83. The number of hydrogen-bond donors (Lipinski definition) is 1. The van der Waals surface area contributed by atoms with Crippen molar-refractivity contribution in [2.45, 2.75) is 26.7 Å². The van der Waals surface area contributed by atoms with Gasteiger partial charge in [0.15, 0.2) is 11.5 Å². The summed E-state index contributed by atoms with van der Waals surface area (Å²) in [6.45, 7) is 6.78. The van der Waals surface area contributed by atoms with Crippen molar-refractivity contribution in [1.82, 2.24) is 14.4 Å². The van der Waals surface area contributed by atoms with E-state index in [-0.39, 0.29) is 0 Å². The van der Waals surface area contributed by atoms with Crippen LogP contribution in [0.4, 0.5) is 11.6 Å². The molecule has 3 rings (SSSR count). The van der Waals surface area contributed by atoms with Gasteiger partial charge in [0.2, 0.25) is 0 Å². The second kappa shape index (κ2) is 4.40. The van der Waals surface area contributed by atoms with Crippen LogP contribution in [0, 0.1) is 5.41 Å². The number of fused-ring (bicyclic) bond motifs is 1. The van der Waals surface area contributed by atoms with Crippen LogP contribution in [0.3, 0.4) is 0 Å². The van der Waals surface area contributed by atoms with Gasteiger partial charge in [-0.2, -0.15) is 0 Å². The molecule has 0 unspecified atom stereocenters. The van der Waals surface area contributed by atoms with E-state index in [1.807, 2.05) is 30.0 Å². The van der Waals surface area contributed by atoms with Gasteiger partial charge in [-0.25, -0.2) is 9.97 Å². The van der Waals surface area contributed by atoms with E-state index in [0.717, 1.165) is 30.4 Å². The molecule has 0 amide bonds. The Balaban J connectivity index is 1.98. The van der Waals surface area contributed by atoms with Crippen LogP contribution in [-0.2, 0) is 0 Å². The monoisotopic (exact) mass is 259 g/mol. The molecule has 1 N–H and O–H groups in total. The highest BCUT2D eigenvalue weighted by molar-refractivity contribution is 5.67. The Labute approximate surface area is 113 Å². The third-order valence-corrected chi connectivity index (χ3v) is 4.03. The lowest BCUT2D eigenvalue weighted by Gasteiger charge is -2.37. The number of imidazole rings is 1. The molecule has 0 bridgehead atoms. The predicted octanol–water partition coefficient (Wildman–Crippen LogP) is 2.40. The van der Waals surface area contributed by atoms with E-state index in [4.69, 9.17) is 4.98 Å². The van der Waals surface area contributed by atoms with Crippen molar-refractivity contribution in [3.63, 3.8) is 0 Å². The van der Waals surface area contributed by atoms with E-state index in [1.165, 1.54) is 12.8 Å². The molecule has 0 radical (unpaired) electrons. The van der Waals surface area contributed by atoms with Crippen LogP contribution in [-0.4, -0.2) is 34.5 Å². The normalized spacial score (nSPS) is 18.8. The van der Waals surface area contributed by atoms with Gasteiger partial charge >= 0.3 is 0 Å². The Morgan fingerprint density at radius 1 is 1.26 bits per heavy atom. The maximum atomic E-state index is 4.69. The molecule has 0 aromatic carbocycles. The van der Waals surface area contributed by atoms with E-state index >= 15 is 0 Å². The van der Waals surface area contributed by atoms with Crippen molar-refractivity contribution in [3.8, 4) is 0 Å². The molecule has 1 aliphatic rings. The second-order valence-electron chi connectivity index (χ2n) is 6.01. The molecule has 0 saturated carbocycles. The minimum absolute atomic E-state index is 0.447. The summed E-state index contributed by atoms with van der Waals surface area (Å²) in [5.74, 6) is 1.87. The van der Waals surface area contributed by atoms with Crippen molar-refractivity contribution in [1.29, 1.82) is 0 Å². The van der Waals surface area contributed by atoms with Gasteiger partial charge in [0.05, 0.1) is 6.20 Å². The average Bonchev–Trinajstić information content (AvgIpc) is 2.86. The maximum absolute atomic E-state index is 4.69. The van der Waals surface area contributed by atoms with E-state index in [1.54, 1.807) is 0 Å². The molecule has 1 saturated heterocycles.